The summed E-state index contributed by atoms with van der Waals surface area (Å²) < 4.78 is 0. The van der Waals surface area contributed by atoms with E-state index in [0.29, 0.717) is 33.8 Å². The number of thiophene rings is 1. The van der Waals surface area contributed by atoms with Crippen molar-refractivity contribution < 1.29 is 14.6 Å². The highest BCUT2D eigenvalue weighted by atomic mass is 32.1. The summed E-state index contributed by atoms with van der Waals surface area (Å²) in [6.45, 7) is 5.62. The molecule has 2 aliphatic rings. The molecule has 11 heteroatoms. The van der Waals surface area contributed by atoms with E-state index in [4.69, 9.17) is 5.73 Å². The first-order chi connectivity index (χ1) is 15.9. The van der Waals surface area contributed by atoms with E-state index >= 15 is 0 Å². The van der Waals surface area contributed by atoms with Gasteiger partial charge in [-0.3, -0.25) is 29.9 Å². The number of aryl methyl sites for hydroxylation is 1. The highest BCUT2D eigenvalue weighted by Crippen LogP contribution is 2.52. The van der Waals surface area contributed by atoms with Crippen molar-refractivity contribution >= 4 is 33.5 Å². The summed E-state index contributed by atoms with van der Waals surface area (Å²) in [6, 6.07) is 9.36. The van der Waals surface area contributed by atoms with Crippen molar-refractivity contribution in [2.24, 2.45) is 11.1 Å². The maximum atomic E-state index is 13.5. The Kier molecular flexibility index (Phi) is 5.49. The Balaban J connectivity index is 1.99. The molecule has 34 heavy (non-hydrogen) atoms. The maximum absolute atomic E-state index is 13.5. The van der Waals surface area contributed by atoms with E-state index in [-0.39, 0.29) is 39.7 Å². The van der Waals surface area contributed by atoms with Gasteiger partial charge in [0.15, 0.2) is 5.78 Å². The molecule has 1 aliphatic carbocycles. The average molecular weight is 480 g/mol. The molecule has 174 valence electrons. The van der Waals surface area contributed by atoms with Crippen LogP contribution < -0.4 is 10.6 Å². The van der Waals surface area contributed by atoms with Crippen molar-refractivity contribution in [3.63, 3.8) is 0 Å². The number of carbonyl (C=O) groups excluding carboxylic acids is 1. The van der Waals surface area contributed by atoms with Gasteiger partial charge in [0, 0.05) is 40.8 Å². The van der Waals surface area contributed by atoms with Crippen LogP contribution >= 0.6 is 11.3 Å². The molecule has 0 spiro atoms. The smallest absolute Gasteiger partial charge is 0.324 e. The van der Waals surface area contributed by atoms with Gasteiger partial charge in [-0.15, -0.1) is 0 Å². The van der Waals surface area contributed by atoms with E-state index in [1.54, 1.807) is 24.0 Å². The first kappa shape index (κ1) is 23.1. The lowest BCUT2D eigenvalue weighted by molar-refractivity contribution is -0.384. The Bertz CT molecular complexity index is 1360. The fraction of sp³-hybridized carbons (Fsp3) is 0.304. The van der Waals surface area contributed by atoms with Crippen LogP contribution in [0.25, 0.3) is 0 Å². The third kappa shape index (κ3) is 3.72. The Morgan fingerprint density at radius 2 is 1.88 bits per heavy atom. The summed E-state index contributed by atoms with van der Waals surface area (Å²) in [4.78, 5) is 37.1. The second-order valence-corrected chi connectivity index (χ2v) is 10.2. The van der Waals surface area contributed by atoms with Gasteiger partial charge >= 0.3 is 5.00 Å². The van der Waals surface area contributed by atoms with Crippen molar-refractivity contribution in [3.05, 3.63) is 83.7 Å². The zero-order chi connectivity index (χ0) is 24.9. The van der Waals surface area contributed by atoms with Gasteiger partial charge in [0.1, 0.15) is 5.82 Å². The van der Waals surface area contributed by atoms with Gasteiger partial charge in [0.2, 0.25) is 0 Å². The number of nitrogens with zero attached hydrogens (tertiary/aromatic N) is 4. The number of benzene rings is 1. The lowest BCUT2D eigenvalue weighted by atomic mass is 9.69. The standard InChI is InChI=1S/C23H21N5O5S/c1-12-8-13(27(30)31)4-5-15(12)26-16-9-23(2,3)10-17(29)21(16)20(14(11-24)22(26)25)18-6-7-19(34-18)28(32)33/h4-8,20H,9-10,25H2,1-3H3/t20-/m1/s1. The molecule has 0 radical (unpaired) electrons. The van der Waals surface area contributed by atoms with E-state index in [0.717, 1.165) is 11.3 Å². The number of allylic oxidation sites excluding steroid dienone is 3. The predicted molar refractivity (Wildman–Crippen MR) is 126 cm³/mol. The number of nitro groups is 2. The fourth-order valence-corrected chi connectivity index (χ4v) is 5.61. The van der Waals surface area contributed by atoms with Crippen LogP contribution in [0.3, 0.4) is 0 Å². The molecule has 2 aromatic rings. The van der Waals surface area contributed by atoms with Crippen molar-refractivity contribution in [2.75, 3.05) is 4.90 Å². The molecule has 1 atom stereocenters. The fourth-order valence-electron chi connectivity index (χ4n) is 4.67. The summed E-state index contributed by atoms with van der Waals surface area (Å²) in [5, 5.41) is 32.5. The van der Waals surface area contributed by atoms with Gasteiger partial charge in [-0.05, 0) is 36.5 Å². The van der Waals surface area contributed by atoms with Crippen LogP contribution in [0.15, 0.2) is 53.0 Å². The molecule has 1 aromatic heterocycles. The zero-order valence-corrected chi connectivity index (χ0v) is 19.5. The Labute approximate surface area is 198 Å². The lowest BCUT2D eigenvalue weighted by Crippen LogP contribution is -2.42. The highest BCUT2D eigenvalue weighted by Gasteiger charge is 2.45. The Hall–Kier alpha value is -4.04. The second kappa shape index (κ2) is 8.07. The molecular formula is C23H21N5O5S. The van der Waals surface area contributed by atoms with E-state index < -0.39 is 15.8 Å². The largest absolute Gasteiger partial charge is 0.384 e. The van der Waals surface area contributed by atoms with Crippen molar-refractivity contribution in [1.29, 1.82) is 5.26 Å². The summed E-state index contributed by atoms with van der Waals surface area (Å²) in [7, 11) is 0. The third-order valence-electron chi connectivity index (χ3n) is 6.09. The highest BCUT2D eigenvalue weighted by molar-refractivity contribution is 7.15. The number of rotatable bonds is 4. The maximum Gasteiger partial charge on any atom is 0.324 e. The van der Waals surface area contributed by atoms with Gasteiger partial charge in [0.25, 0.3) is 5.69 Å². The number of carbonyl (C=O) groups is 1. The van der Waals surface area contributed by atoms with Crippen molar-refractivity contribution in [3.8, 4) is 6.07 Å². The molecule has 0 saturated carbocycles. The van der Waals surface area contributed by atoms with Crippen LogP contribution in [0.2, 0.25) is 0 Å². The normalized spacial score (nSPS) is 19.6. The summed E-state index contributed by atoms with van der Waals surface area (Å²) in [5.74, 6) is -0.862. The van der Waals surface area contributed by atoms with Crippen LogP contribution in [-0.4, -0.2) is 15.6 Å². The molecule has 0 amide bonds. The van der Waals surface area contributed by atoms with Gasteiger partial charge < -0.3 is 5.73 Å². The minimum absolute atomic E-state index is 0.0839. The number of nitrogens with two attached hydrogens (primary N) is 1. The SMILES string of the molecule is Cc1cc([N+](=O)[O-])ccc1N1C(N)=C(C#N)[C@H](c2ccc([N+](=O)[O-])s2)C2=C1CC(C)(C)CC2=O. The first-order valence-electron chi connectivity index (χ1n) is 10.4. The number of non-ortho nitro benzene ring substituents is 1. The number of nitro benzene ring substituents is 1. The van der Waals surface area contributed by atoms with E-state index in [1.807, 2.05) is 13.8 Å². The molecule has 2 heterocycles. The molecule has 10 nitrogen and oxygen atoms in total. The Morgan fingerprint density at radius 1 is 1.18 bits per heavy atom. The molecule has 2 N–H and O–H groups in total. The van der Waals surface area contributed by atoms with Crippen LogP contribution in [0.4, 0.5) is 16.4 Å². The van der Waals surface area contributed by atoms with Crippen molar-refractivity contribution in [2.45, 2.75) is 39.5 Å². The van der Waals surface area contributed by atoms with Crippen LogP contribution in [0, 0.1) is 43.9 Å². The number of anilines is 1. The van der Waals surface area contributed by atoms with Crippen LogP contribution in [0.1, 0.15) is 43.0 Å². The van der Waals surface area contributed by atoms with Crippen LogP contribution in [0.5, 0.6) is 0 Å². The minimum atomic E-state index is -0.808. The summed E-state index contributed by atoms with van der Waals surface area (Å²) in [6.07, 6.45) is 0.718. The molecule has 0 fully saturated rings. The topological polar surface area (TPSA) is 156 Å². The van der Waals surface area contributed by atoms with E-state index in [2.05, 4.69) is 6.07 Å². The number of ketones is 1. The summed E-state index contributed by atoms with van der Waals surface area (Å²) >= 11 is 0.912. The molecule has 0 bridgehead atoms. The molecule has 4 rings (SSSR count). The quantitative estimate of drug-likeness (QED) is 0.483. The lowest BCUT2D eigenvalue weighted by Gasteiger charge is -2.43. The third-order valence-corrected chi connectivity index (χ3v) is 7.19. The number of hydrogen-bond acceptors (Lipinski definition) is 9. The second-order valence-electron chi connectivity index (χ2n) is 9.14. The molecule has 0 unspecified atom stereocenters. The molecule has 1 aliphatic heterocycles. The number of nitriles is 1. The predicted octanol–water partition coefficient (Wildman–Crippen LogP) is 4.81. The minimum Gasteiger partial charge on any atom is -0.384 e. The number of hydrogen-bond donors (Lipinski definition) is 1. The van der Waals surface area contributed by atoms with Crippen molar-refractivity contribution in [1.82, 2.24) is 0 Å². The summed E-state index contributed by atoms with van der Waals surface area (Å²) in [5.41, 5.74) is 8.27. The first-order valence-corrected chi connectivity index (χ1v) is 11.2. The van der Waals surface area contributed by atoms with Gasteiger partial charge in [-0.2, -0.15) is 5.26 Å². The van der Waals surface area contributed by atoms with Gasteiger partial charge in [-0.1, -0.05) is 25.2 Å². The van der Waals surface area contributed by atoms with E-state index in [1.165, 1.54) is 18.2 Å². The monoisotopic (exact) mass is 479 g/mol. The van der Waals surface area contributed by atoms with E-state index in [9.17, 15) is 30.3 Å². The average Bonchev–Trinajstić information content (AvgIpc) is 3.23. The van der Waals surface area contributed by atoms with Gasteiger partial charge in [-0.25, -0.2) is 0 Å². The molecule has 1 aromatic carbocycles. The van der Waals surface area contributed by atoms with Gasteiger partial charge in [0.05, 0.1) is 33.1 Å². The number of Topliss-reactive ketones (excluding diaryl/α,β-unsaturated/α-hetero) is 1. The molecular weight excluding hydrogens is 458 g/mol. The molecule has 0 saturated heterocycles. The Morgan fingerprint density at radius 3 is 2.44 bits per heavy atom. The zero-order valence-electron chi connectivity index (χ0n) is 18.7. The van der Waals surface area contributed by atoms with Crippen LogP contribution in [-0.2, 0) is 4.79 Å².